The van der Waals surface area contributed by atoms with Gasteiger partial charge in [0.1, 0.15) is 5.82 Å². The summed E-state index contributed by atoms with van der Waals surface area (Å²) in [6, 6.07) is 2.14. The van der Waals surface area contributed by atoms with Gasteiger partial charge in [-0.25, -0.2) is 4.98 Å². The standard InChI is InChI=1S/C16H27ClN4/c1-4-18-10-14-9-16(19-11-15(14)17)21-7-5-13(6-8-21)12-20(2)3/h9,11,13,18H,4-8,10,12H2,1-3H3. The second-order valence-corrected chi connectivity index (χ2v) is 6.51. The number of nitrogens with one attached hydrogen (secondary N) is 1. The molecule has 1 N–H and O–H groups in total. The number of anilines is 1. The Morgan fingerprint density at radius 1 is 1.38 bits per heavy atom. The molecule has 2 rings (SSSR count). The molecule has 1 aliphatic heterocycles. The Morgan fingerprint density at radius 3 is 2.71 bits per heavy atom. The van der Waals surface area contributed by atoms with Crippen molar-refractivity contribution in [2.24, 2.45) is 5.92 Å². The number of halogens is 1. The zero-order valence-corrected chi connectivity index (χ0v) is 14.2. The minimum Gasteiger partial charge on any atom is -0.357 e. The monoisotopic (exact) mass is 310 g/mol. The molecule has 2 heterocycles. The van der Waals surface area contributed by atoms with Crippen LogP contribution in [0.2, 0.25) is 5.02 Å². The molecular formula is C16H27ClN4. The summed E-state index contributed by atoms with van der Waals surface area (Å²) in [5.41, 5.74) is 1.14. The first-order valence-electron chi connectivity index (χ1n) is 7.85. The van der Waals surface area contributed by atoms with Crippen LogP contribution in [0.1, 0.15) is 25.3 Å². The lowest BCUT2D eigenvalue weighted by Crippen LogP contribution is -2.37. The quantitative estimate of drug-likeness (QED) is 0.875. The van der Waals surface area contributed by atoms with Crippen LogP contribution in [0.5, 0.6) is 0 Å². The van der Waals surface area contributed by atoms with Gasteiger partial charge < -0.3 is 15.1 Å². The van der Waals surface area contributed by atoms with Gasteiger partial charge in [-0.2, -0.15) is 0 Å². The average Bonchev–Trinajstić information content (AvgIpc) is 2.47. The van der Waals surface area contributed by atoms with Crippen LogP contribution in [-0.4, -0.2) is 50.2 Å². The molecule has 0 bridgehead atoms. The molecule has 0 saturated carbocycles. The van der Waals surface area contributed by atoms with Gasteiger partial charge in [-0.3, -0.25) is 0 Å². The van der Waals surface area contributed by atoms with Crippen molar-refractivity contribution in [3.8, 4) is 0 Å². The zero-order chi connectivity index (χ0) is 15.2. The molecule has 1 aliphatic rings. The van der Waals surface area contributed by atoms with Crippen molar-refractivity contribution < 1.29 is 0 Å². The summed E-state index contributed by atoms with van der Waals surface area (Å²) in [5.74, 6) is 1.88. The third kappa shape index (κ3) is 4.83. The van der Waals surface area contributed by atoms with Gasteiger partial charge in [0.15, 0.2) is 0 Å². The molecule has 1 fully saturated rings. The Labute approximate surface area is 133 Å². The van der Waals surface area contributed by atoms with E-state index in [9.17, 15) is 0 Å². The Morgan fingerprint density at radius 2 is 2.10 bits per heavy atom. The second-order valence-electron chi connectivity index (χ2n) is 6.11. The van der Waals surface area contributed by atoms with Crippen LogP contribution in [0, 0.1) is 5.92 Å². The predicted molar refractivity (Wildman–Crippen MR) is 90.1 cm³/mol. The lowest BCUT2D eigenvalue weighted by Gasteiger charge is -2.34. The SMILES string of the molecule is CCNCc1cc(N2CCC(CN(C)C)CC2)ncc1Cl. The molecule has 1 aromatic rings. The fraction of sp³-hybridized carbons (Fsp3) is 0.688. The van der Waals surface area contributed by atoms with Crippen LogP contribution >= 0.6 is 11.6 Å². The topological polar surface area (TPSA) is 31.4 Å². The lowest BCUT2D eigenvalue weighted by atomic mass is 9.96. The van der Waals surface area contributed by atoms with E-state index < -0.39 is 0 Å². The highest BCUT2D eigenvalue weighted by molar-refractivity contribution is 6.31. The Kier molecular flexibility index (Phi) is 6.27. The average molecular weight is 311 g/mol. The van der Waals surface area contributed by atoms with E-state index in [-0.39, 0.29) is 0 Å². The minimum atomic E-state index is 0.752. The Hall–Kier alpha value is -0.840. The highest BCUT2D eigenvalue weighted by Gasteiger charge is 2.21. The molecular weight excluding hydrogens is 284 g/mol. The van der Waals surface area contributed by atoms with Crippen molar-refractivity contribution in [1.82, 2.24) is 15.2 Å². The number of hydrogen-bond acceptors (Lipinski definition) is 4. The molecule has 0 radical (unpaired) electrons. The summed E-state index contributed by atoms with van der Waals surface area (Å²) in [6.45, 7) is 7.23. The first kappa shape index (κ1) is 16.5. The summed E-state index contributed by atoms with van der Waals surface area (Å²) in [7, 11) is 4.31. The van der Waals surface area contributed by atoms with E-state index in [2.05, 4.69) is 47.2 Å². The van der Waals surface area contributed by atoms with Crippen LogP contribution in [0.3, 0.4) is 0 Å². The van der Waals surface area contributed by atoms with Crippen molar-refractivity contribution in [1.29, 1.82) is 0 Å². The zero-order valence-electron chi connectivity index (χ0n) is 13.4. The molecule has 21 heavy (non-hydrogen) atoms. The highest BCUT2D eigenvalue weighted by atomic mass is 35.5. The third-order valence-electron chi connectivity index (χ3n) is 4.05. The van der Waals surface area contributed by atoms with E-state index in [1.807, 2.05) is 0 Å². The maximum atomic E-state index is 6.22. The number of aromatic nitrogens is 1. The van der Waals surface area contributed by atoms with E-state index in [0.29, 0.717) is 0 Å². The van der Waals surface area contributed by atoms with Crippen molar-refractivity contribution in [3.63, 3.8) is 0 Å². The van der Waals surface area contributed by atoms with Crippen molar-refractivity contribution in [3.05, 3.63) is 22.8 Å². The summed E-state index contributed by atoms with van der Waals surface area (Å²) in [4.78, 5) is 9.19. The first-order chi connectivity index (χ1) is 10.1. The highest BCUT2D eigenvalue weighted by Crippen LogP contribution is 2.25. The summed E-state index contributed by atoms with van der Waals surface area (Å²) in [6.07, 6.45) is 4.27. The lowest BCUT2D eigenvalue weighted by molar-refractivity contribution is 0.284. The molecule has 1 saturated heterocycles. The first-order valence-corrected chi connectivity index (χ1v) is 8.22. The van der Waals surface area contributed by atoms with Crippen molar-refractivity contribution in [2.45, 2.75) is 26.3 Å². The maximum absolute atomic E-state index is 6.22. The molecule has 0 unspecified atom stereocenters. The van der Waals surface area contributed by atoms with Gasteiger partial charge >= 0.3 is 0 Å². The fourth-order valence-corrected chi connectivity index (χ4v) is 3.07. The third-order valence-corrected chi connectivity index (χ3v) is 4.39. The maximum Gasteiger partial charge on any atom is 0.128 e. The Balaban J connectivity index is 1.96. The van der Waals surface area contributed by atoms with Gasteiger partial charge in [0.05, 0.1) is 5.02 Å². The molecule has 0 spiro atoms. The van der Waals surface area contributed by atoms with Gasteiger partial charge in [0, 0.05) is 32.4 Å². The number of rotatable bonds is 6. The van der Waals surface area contributed by atoms with Gasteiger partial charge in [0.2, 0.25) is 0 Å². The molecule has 0 amide bonds. The Bertz CT molecular complexity index is 442. The van der Waals surface area contributed by atoms with Crippen LogP contribution in [-0.2, 0) is 6.54 Å². The molecule has 0 aliphatic carbocycles. The van der Waals surface area contributed by atoms with Gasteiger partial charge in [-0.1, -0.05) is 18.5 Å². The number of hydrogen-bond donors (Lipinski definition) is 1. The fourth-order valence-electron chi connectivity index (χ4n) is 2.90. The smallest absolute Gasteiger partial charge is 0.128 e. The van der Waals surface area contributed by atoms with E-state index in [1.165, 1.54) is 19.4 Å². The normalized spacial score (nSPS) is 16.7. The summed E-state index contributed by atoms with van der Waals surface area (Å²) < 4.78 is 0. The van der Waals surface area contributed by atoms with Gasteiger partial charge in [-0.15, -0.1) is 0 Å². The van der Waals surface area contributed by atoms with Crippen LogP contribution in [0.25, 0.3) is 0 Å². The molecule has 118 valence electrons. The van der Waals surface area contributed by atoms with Gasteiger partial charge in [-0.05, 0) is 51.0 Å². The summed E-state index contributed by atoms with van der Waals surface area (Å²) in [5, 5.41) is 4.08. The number of nitrogens with zero attached hydrogens (tertiary/aromatic N) is 3. The predicted octanol–water partition coefficient (Wildman–Crippen LogP) is 2.62. The van der Waals surface area contributed by atoms with E-state index in [0.717, 1.165) is 48.5 Å². The number of piperidine rings is 1. The van der Waals surface area contributed by atoms with E-state index in [4.69, 9.17) is 11.6 Å². The molecule has 0 aromatic carbocycles. The molecule has 4 nitrogen and oxygen atoms in total. The largest absolute Gasteiger partial charge is 0.357 e. The van der Waals surface area contributed by atoms with E-state index >= 15 is 0 Å². The van der Waals surface area contributed by atoms with Crippen molar-refractivity contribution in [2.75, 3.05) is 45.2 Å². The molecule has 1 aromatic heterocycles. The molecule has 5 heteroatoms. The van der Waals surface area contributed by atoms with Crippen LogP contribution in [0.15, 0.2) is 12.3 Å². The van der Waals surface area contributed by atoms with E-state index in [1.54, 1.807) is 6.20 Å². The summed E-state index contributed by atoms with van der Waals surface area (Å²) >= 11 is 6.22. The van der Waals surface area contributed by atoms with Crippen LogP contribution in [0.4, 0.5) is 5.82 Å². The second kappa shape index (κ2) is 7.97. The van der Waals surface area contributed by atoms with Gasteiger partial charge in [0.25, 0.3) is 0 Å². The minimum absolute atomic E-state index is 0.752. The van der Waals surface area contributed by atoms with Crippen LogP contribution < -0.4 is 10.2 Å². The van der Waals surface area contributed by atoms with Crippen molar-refractivity contribution >= 4 is 17.4 Å². The number of pyridine rings is 1. The molecule has 0 atom stereocenters.